The van der Waals surface area contributed by atoms with E-state index in [2.05, 4.69) is 5.32 Å². The second-order valence-corrected chi connectivity index (χ2v) is 10.0. The fourth-order valence-corrected chi connectivity index (χ4v) is 5.56. The quantitative estimate of drug-likeness (QED) is 0.198. The third-order valence-electron chi connectivity index (χ3n) is 6.49. The zero-order chi connectivity index (χ0) is 28.9. The average Bonchev–Trinajstić information content (AvgIpc) is 3.38. The molecule has 41 heavy (non-hydrogen) atoms. The molecule has 0 bridgehead atoms. The highest BCUT2D eigenvalue weighted by Crippen LogP contribution is 2.47. The molecule has 1 unspecified atom stereocenters. The number of nitro benzene ring substituents is 1. The van der Waals surface area contributed by atoms with E-state index in [9.17, 15) is 24.1 Å². The molecular weight excluding hydrogens is 547 g/mol. The standard InChI is InChI=1S/C30H25FN4O5S/c1-2-40-29(37)26-27(20-7-4-3-5-8-20)33-30-34(28(26)21-9-6-10-23(15-21)35(38)39)24(18-41-30)16-25(36)32-17-19-11-13-22(31)14-12-19/h3-15,18,28H,2,16-17H2,1H3,(H,32,36). The minimum absolute atomic E-state index is 0.0462. The maximum atomic E-state index is 13.5. The van der Waals surface area contributed by atoms with Crippen LogP contribution >= 0.6 is 11.8 Å². The average molecular weight is 573 g/mol. The van der Waals surface area contributed by atoms with Gasteiger partial charge in [0.25, 0.3) is 5.69 Å². The van der Waals surface area contributed by atoms with E-state index in [-0.39, 0.29) is 42.6 Å². The van der Waals surface area contributed by atoms with Crippen LogP contribution in [-0.2, 0) is 20.9 Å². The molecule has 2 heterocycles. The van der Waals surface area contributed by atoms with Crippen molar-refractivity contribution in [2.45, 2.75) is 25.9 Å². The predicted molar refractivity (Wildman–Crippen MR) is 154 cm³/mol. The Morgan fingerprint density at radius 2 is 1.85 bits per heavy atom. The lowest BCUT2D eigenvalue weighted by atomic mass is 9.91. The van der Waals surface area contributed by atoms with Crippen molar-refractivity contribution >= 4 is 40.2 Å². The Morgan fingerprint density at radius 3 is 2.56 bits per heavy atom. The van der Waals surface area contributed by atoms with Crippen molar-refractivity contribution in [1.29, 1.82) is 0 Å². The van der Waals surface area contributed by atoms with Gasteiger partial charge in [0.15, 0.2) is 5.17 Å². The molecule has 2 aliphatic rings. The third-order valence-corrected chi connectivity index (χ3v) is 7.38. The van der Waals surface area contributed by atoms with E-state index < -0.39 is 16.9 Å². The van der Waals surface area contributed by atoms with Gasteiger partial charge in [-0.25, -0.2) is 14.2 Å². The summed E-state index contributed by atoms with van der Waals surface area (Å²) < 4.78 is 18.7. The van der Waals surface area contributed by atoms with Gasteiger partial charge in [0, 0.05) is 29.9 Å². The number of carbonyl (C=O) groups is 2. The van der Waals surface area contributed by atoms with Crippen LogP contribution in [0.25, 0.3) is 5.70 Å². The molecule has 0 saturated carbocycles. The van der Waals surface area contributed by atoms with E-state index in [1.54, 1.807) is 41.5 Å². The lowest BCUT2D eigenvalue weighted by Gasteiger charge is -2.36. The van der Waals surface area contributed by atoms with E-state index >= 15 is 0 Å². The van der Waals surface area contributed by atoms with Crippen molar-refractivity contribution in [3.63, 3.8) is 0 Å². The molecule has 2 aliphatic heterocycles. The van der Waals surface area contributed by atoms with E-state index in [0.717, 1.165) is 5.56 Å². The van der Waals surface area contributed by atoms with Crippen LogP contribution in [0.5, 0.6) is 0 Å². The van der Waals surface area contributed by atoms with E-state index in [4.69, 9.17) is 9.73 Å². The summed E-state index contributed by atoms with van der Waals surface area (Å²) in [5, 5.41) is 16.8. The van der Waals surface area contributed by atoms with Gasteiger partial charge in [0.05, 0.1) is 35.3 Å². The number of ether oxygens (including phenoxy) is 1. The highest BCUT2D eigenvalue weighted by molar-refractivity contribution is 8.16. The second-order valence-electron chi connectivity index (χ2n) is 9.17. The van der Waals surface area contributed by atoms with Crippen molar-refractivity contribution < 1.29 is 23.6 Å². The maximum absolute atomic E-state index is 13.5. The Hall–Kier alpha value is -4.77. The van der Waals surface area contributed by atoms with Crippen molar-refractivity contribution in [3.8, 4) is 0 Å². The Kier molecular flexibility index (Phi) is 8.25. The van der Waals surface area contributed by atoms with Crippen LogP contribution in [0.1, 0.15) is 36.1 Å². The first-order chi connectivity index (χ1) is 19.9. The van der Waals surface area contributed by atoms with Crippen molar-refractivity contribution in [1.82, 2.24) is 10.2 Å². The van der Waals surface area contributed by atoms with Gasteiger partial charge in [-0.15, -0.1) is 0 Å². The number of rotatable bonds is 9. The molecule has 1 N–H and O–H groups in total. The molecule has 1 amide bonds. The minimum Gasteiger partial charge on any atom is -0.463 e. The molecule has 5 rings (SSSR count). The lowest BCUT2D eigenvalue weighted by molar-refractivity contribution is -0.384. The van der Waals surface area contributed by atoms with Crippen molar-refractivity contribution in [3.05, 3.63) is 128 Å². The van der Waals surface area contributed by atoms with Gasteiger partial charge in [-0.3, -0.25) is 14.9 Å². The molecular formula is C30H25FN4O5S. The largest absolute Gasteiger partial charge is 0.463 e. The molecule has 1 atom stereocenters. The van der Waals surface area contributed by atoms with Crippen LogP contribution in [0.3, 0.4) is 0 Å². The zero-order valence-corrected chi connectivity index (χ0v) is 22.8. The Labute approximate surface area is 239 Å². The SMILES string of the molecule is CCOC(=O)C1=C(c2ccccc2)N=C2SC=C(CC(=O)NCc3ccc(F)cc3)N2C1c1cccc([N+](=O)[O-])c1. The monoisotopic (exact) mass is 572 g/mol. The molecule has 208 valence electrons. The number of nitro groups is 1. The predicted octanol–water partition coefficient (Wildman–Crippen LogP) is 5.72. The summed E-state index contributed by atoms with van der Waals surface area (Å²) in [5.41, 5.74) is 2.94. The molecule has 3 aromatic carbocycles. The van der Waals surface area contributed by atoms with Crippen LogP contribution in [0.4, 0.5) is 10.1 Å². The topological polar surface area (TPSA) is 114 Å². The van der Waals surface area contributed by atoms with Crippen LogP contribution < -0.4 is 5.32 Å². The number of benzene rings is 3. The number of aliphatic imine (C=N–C) groups is 1. The second kappa shape index (κ2) is 12.2. The summed E-state index contributed by atoms with van der Waals surface area (Å²) in [6.07, 6.45) is -0.0462. The summed E-state index contributed by atoms with van der Waals surface area (Å²) in [6, 6.07) is 20.2. The highest BCUT2D eigenvalue weighted by atomic mass is 32.2. The number of amidine groups is 1. The Bertz CT molecular complexity index is 1590. The zero-order valence-electron chi connectivity index (χ0n) is 22.0. The maximum Gasteiger partial charge on any atom is 0.338 e. The van der Waals surface area contributed by atoms with E-state index in [1.165, 1.54) is 36.0 Å². The molecule has 3 aromatic rings. The summed E-state index contributed by atoms with van der Waals surface area (Å²) in [4.78, 5) is 44.3. The third kappa shape index (κ3) is 6.04. The number of non-ortho nitro benzene ring substituents is 1. The number of nitrogens with one attached hydrogen (secondary N) is 1. The van der Waals surface area contributed by atoms with Crippen LogP contribution in [0, 0.1) is 15.9 Å². The van der Waals surface area contributed by atoms with Crippen molar-refractivity contribution in [2.75, 3.05) is 6.61 Å². The first-order valence-electron chi connectivity index (χ1n) is 12.8. The van der Waals surface area contributed by atoms with Crippen LogP contribution in [-0.4, -0.2) is 33.5 Å². The van der Waals surface area contributed by atoms with E-state index in [0.29, 0.717) is 27.7 Å². The Morgan fingerprint density at radius 1 is 1.10 bits per heavy atom. The van der Waals surface area contributed by atoms with Gasteiger partial charge < -0.3 is 15.0 Å². The minimum atomic E-state index is -0.845. The summed E-state index contributed by atoms with van der Waals surface area (Å²) >= 11 is 1.30. The number of amides is 1. The van der Waals surface area contributed by atoms with Crippen LogP contribution in [0.2, 0.25) is 0 Å². The highest BCUT2D eigenvalue weighted by Gasteiger charge is 2.42. The molecule has 11 heteroatoms. The first kappa shape index (κ1) is 27.8. The van der Waals surface area contributed by atoms with Gasteiger partial charge in [-0.1, -0.05) is 66.4 Å². The fourth-order valence-electron chi connectivity index (χ4n) is 4.64. The van der Waals surface area contributed by atoms with E-state index in [1.807, 2.05) is 30.3 Å². The van der Waals surface area contributed by atoms with Crippen LogP contribution in [0.15, 0.2) is 101 Å². The number of fused-ring (bicyclic) bond motifs is 1. The van der Waals surface area contributed by atoms with Gasteiger partial charge in [0.2, 0.25) is 5.91 Å². The number of halogens is 1. The number of thioether (sulfide) groups is 1. The molecule has 0 fully saturated rings. The summed E-state index contributed by atoms with van der Waals surface area (Å²) in [5.74, 6) is -1.27. The molecule has 0 spiro atoms. The van der Waals surface area contributed by atoms with Crippen molar-refractivity contribution in [2.24, 2.45) is 4.99 Å². The summed E-state index contributed by atoms with van der Waals surface area (Å²) in [6.45, 7) is 2.02. The van der Waals surface area contributed by atoms with Gasteiger partial charge >= 0.3 is 5.97 Å². The Balaban J connectivity index is 1.54. The normalized spacial score (nSPS) is 16.0. The molecule has 9 nitrogen and oxygen atoms in total. The van der Waals surface area contributed by atoms with Gasteiger partial charge in [0.1, 0.15) is 5.82 Å². The molecule has 0 saturated heterocycles. The lowest BCUT2D eigenvalue weighted by Crippen LogP contribution is -2.38. The molecule has 0 radical (unpaired) electrons. The number of esters is 1. The molecule has 0 aromatic heterocycles. The smallest absolute Gasteiger partial charge is 0.338 e. The number of hydrogen-bond acceptors (Lipinski definition) is 8. The summed E-state index contributed by atoms with van der Waals surface area (Å²) in [7, 11) is 0. The molecule has 0 aliphatic carbocycles. The first-order valence-corrected chi connectivity index (χ1v) is 13.7. The van der Waals surface area contributed by atoms with Gasteiger partial charge in [-0.2, -0.15) is 0 Å². The van der Waals surface area contributed by atoms with Gasteiger partial charge in [-0.05, 0) is 35.6 Å². The number of carbonyl (C=O) groups excluding carboxylic acids is 2. The fraction of sp³-hybridized carbons (Fsp3) is 0.167. The number of nitrogens with zero attached hydrogens (tertiary/aromatic N) is 3. The number of hydrogen-bond donors (Lipinski definition) is 1.